The predicted molar refractivity (Wildman–Crippen MR) is 110 cm³/mol. The van der Waals surface area contributed by atoms with Crippen molar-refractivity contribution < 1.29 is 14.6 Å². The minimum Gasteiger partial charge on any atom is -0.494 e. The summed E-state index contributed by atoms with van der Waals surface area (Å²) in [5, 5.41) is 20.2. The zero-order valence-corrected chi connectivity index (χ0v) is 17.1. The topological polar surface area (TPSA) is 92.3 Å². The summed E-state index contributed by atoms with van der Waals surface area (Å²) in [6.07, 6.45) is 3.39. The molecule has 1 aromatic carbocycles. The zero-order valence-electron chi connectivity index (χ0n) is 17.1. The van der Waals surface area contributed by atoms with Crippen molar-refractivity contribution in [2.45, 2.75) is 58.4 Å². The molecule has 0 bridgehead atoms. The lowest BCUT2D eigenvalue weighted by Crippen LogP contribution is -2.29. The van der Waals surface area contributed by atoms with Gasteiger partial charge in [-0.1, -0.05) is 38.8 Å². The highest BCUT2D eigenvalue weighted by molar-refractivity contribution is 6.01. The second-order valence-corrected chi connectivity index (χ2v) is 7.86. The number of carbonyl (C=O) groups excluding carboxylic acids is 1. The Kier molecular flexibility index (Phi) is 6.07. The number of benzene rings is 1. The van der Waals surface area contributed by atoms with Crippen molar-refractivity contribution in [1.29, 1.82) is 5.26 Å². The van der Waals surface area contributed by atoms with Gasteiger partial charge in [0.25, 0.3) is 5.56 Å². The van der Waals surface area contributed by atoms with E-state index in [0.717, 1.165) is 25.7 Å². The standard InChI is InChI=1S/C23H26N2O4/c1-14(2)16-8-10-18(11-9-16)29-13-20(26)21-15(3)19(12-24)22(27)25(23(21)28)17-6-4-5-7-17/h8-11,14,17,28H,4-7,13H2,1-3H3. The second-order valence-electron chi connectivity index (χ2n) is 7.86. The number of aromatic hydroxyl groups is 1. The molecule has 6 nitrogen and oxygen atoms in total. The van der Waals surface area contributed by atoms with E-state index in [1.54, 1.807) is 12.1 Å². The number of ether oxygens (including phenoxy) is 1. The quantitative estimate of drug-likeness (QED) is 0.740. The Labute approximate surface area is 170 Å². The number of carbonyl (C=O) groups is 1. The highest BCUT2D eigenvalue weighted by atomic mass is 16.5. The lowest BCUT2D eigenvalue weighted by Gasteiger charge is -2.20. The molecule has 0 unspecified atom stereocenters. The van der Waals surface area contributed by atoms with Gasteiger partial charge < -0.3 is 9.84 Å². The Morgan fingerprint density at radius 3 is 2.45 bits per heavy atom. The van der Waals surface area contributed by atoms with Crippen LogP contribution in [-0.2, 0) is 0 Å². The molecule has 2 aromatic rings. The van der Waals surface area contributed by atoms with Crippen molar-refractivity contribution in [3.63, 3.8) is 0 Å². The highest BCUT2D eigenvalue weighted by Gasteiger charge is 2.29. The van der Waals surface area contributed by atoms with Crippen molar-refractivity contribution >= 4 is 5.78 Å². The predicted octanol–water partition coefficient (Wildman–Crippen LogP) is 4.23. The van der Waals surface area contributed by atoms with Gasteiger partial charge >= 0.3 is 0 Å². The molecule has 0 radical (unpaired) electrons. The molecule has 1 saturated carbocycles. The average molecular weight is 394 g/mol. The van der Waals surface area contributed by atoms with Gasteiger partial charge in [-0.05, 0) is 48.9 Å². The molecule has 1 aliphatic rings. The number of pyridine rings is 1. The van der Waals surface area contributed by atoms with Gasteiger partial charge in [0.2, 0.25) is 11.7 Å². The molecule has 1 N–H and O–H groups in total. The average Bonchev–Trinajstić information content (AvgIpc) is 3.21. The lowest BCUT2D eigenvalue weighted by atomic mass is 10.0. The fourth-order valence-corrected chi connectivity index (χ4v) is 3.93. The summed E-state index contributed by atoms with van der Waals surface area (Å²) in [6, 6.07) is 9.21. The Morgan fingerprint density at radius 1 is 1.28 bits per heavy atom. The van der Waals surface area contributed by atoms with Crippen LogP contribution >= 0.6 is 0 Å². The molecule has 0 atom stereocenters. The molecular formula is C23H26N2O4. The molecule has 152 valence electrons. The van der Waals surface area contributed by atoms with Gasteiger partial charge in [0, 0.05) is 6.04 Å². The number of ketones is 1. The van der Waals surface area contributed by atoms with E-state index in [4.69, 9.17) is 4.74 Å². The highest BCUT2D eigenvalue weighted by Crippen LogP contribution is 2.34. The maximum absolute atomic E-state index is 12.9. The van der Waals surface area contributed by atoms with Crippen LogP contribution in [0.4, 0.5) is 0 Å². The molecule has 0 aliphatic heterocycles. The van der Waals surface area contributed by atoms with E-state index in [9.17, 15) is 20.0 Å². The molecule has 1 aliphatic carbocycles. The first-order chi connectivity index (χ1) is 13.8. The molecule has 29 heavy (non-hydrogen) atoms. The minimum atomic E-state index is -0.531. The van der Waals surface area contributed by atoms with Crippen molar-refractivity contribution in [2.24, 2.45) is 0 Å². The number of rotatable bonds is 6. The summed E-state index contributed by atoms with van der Waals surface area (Å²) in [5.74, 6) is 0.120. The molecule has 0 amide bonds. The van der Waals surface area contributed by atoms with Crippen molar-refractivity contribution in [3.05, 3.63) is 56.9 Å². The van der Waals surface area contributed by atoms with E-state index in [-0.39, 0.29) is 35.2 Å². The molecule has 6 heteroatoms. The molecule has 0 saturated heterocycles. The van der Waals surface area contributed by atoms with Gasteiger partial charge in [0.05, 0.1) is 5.56 Å². The first-order valence-electron chi connectivity index (χ1n) is 9.99. The Morgan fingerprint density at radius 2 is 1.90 bits per heavy atom. The molecule has 0 spiro atoms. The summed E-state index contributed by atoms with van der Waals surface area (Å²) in [7, 11) is 0. The number of aromatic nitrogens is 1. The zero-order chi connectivity index (χ0) is 21.1. The number of nitrogens with zero attached hydrogens (tertiary/aromatic N) is 2. The third-order valence-corrected chi connectivity index (χ3v) is 5.63. The Balaban J connectivity index is 1.90. The van der Waals surface area contributed by atoms with Gasteiger partial charge in [-0.25, -0.2) is 0 Å². The smallest absolute Gasteiger partial charge is 0.271 e. The lowest BCUT2D eigenvalue weighted by molar-refractivity contribution is 0.0916. The van der Waals surface area contributed by atoms with E-state index in [0.29, 0.717) is 11.7 Å². The van der Waals surface area contributed by atoms with Crippen LogP contribution < -0.4 is 10.3 Å². The van der Waals surface area contributed by atoms with Crippen LogP contribution in [0.25, 0.3) is 0 Å². The SMILES string of the molecule is Cc1c(C(=O)COc2ccc(C(C)C)cc2)c(O)n(C2CCCC2)c(=O)c1C#N. The van der Waals surface area contributed by atoms with Crippen LogP contribution in [0.3, 0.4) is 0 Å². The summed E-state index contributed by atoms with van der Waals surface area (Å²) < 4.78 is 6.83. The summed E-state index contributed by atoms with van der Waals surface area (Å²) >= 11 is 0. The number of Topliss-reactive ketones (excluding diaryl/α,β-unsaturated/α-hetero) is 1. The van der Waals surface area contributed by atoms with E-state index in [1.165, 1.54) is 17.1 Å². The fraction of sp³-hybridized carbons (Fsp3) is 0.435. The molecule has 1 heterocycles. The first-order valence-corrected chi connectivity index (χ1v) is 9.99. The Hall–Kier alpha value is -3.07. The van der Waals surface area contributed by atoms with Gasteiger partial charge in [-0.3, -0.25) is 14.2 Å². The first kappa shape index (κ1) is 20.7. The molecule has 3 rings (SSSR count). The van der Waals surface area contributed by atoms with Crippen LogP contribution in [0.2, 0.25) is 0 Å². The van der Waals surface area contributed by atoms with Crippen LogP contribution in [-0.4, -0.2) is 22.1 Å². The van der Waals surface area contributed by atoms with Crippen LogP contribution in [0.5, 0.6) is 11.6 Å². The third-order valence-electron chi connectivity index (χ3n) is 5.63. The molecular weight excluding hydrogens is 368 g/mol. The molecule has 1 fully saturated rings. The van der Waals surface area contributed by atoms with Gasteiger partial charge in [-0.2, -0.15) is 5.26 Å². The van der Waals surface area contributed by atoms with Crippen LogP contribution in [0.1, 0.15) is 78.5 Å². The molecule has 1 aromatic heterocycles. The van der Waals surface area contributed by atoms with Crippen molar-refractivity contribution in [3.8, 4) is 17.7 Å². The Bertz CT molecular complexity index is 1010. The monoisotopic (exact) mass is 394 g/mol. The van der Waals surface area contributed by atoms with E-state index < -0.39 is 11.3 Å². The fourth-order valence-electron chi connectivity index (χ4n) is 3.93. The van der Waals surface area contributed by atoms with Crippen LogP contribution in [0, 0.1) is 18.3 Å². The number of nitriles is 1. The van der Waals surface area contributed by atoms with Gasteiger partial charge in [-0.15, -0.1) is 0 Å². The van der Waals surface area contributed by atoms with Crippen molar-refractivity contribution in [1.82, 2.24) is 4.57 Å². The van der Waals surface area contributed by atoms with Gasteiger partial charge in [0.1, 0.15) is 17.4 Å². The van der Waals surface area contributed by atoms with Crippen LogP contribution in [0.15, 0.2) is 29.1 Å². The maximum Gasteiger partial charge on any atom is 0.271 e. The normalized spacial score (nSPS) is 14.2. The minimum absolute atomic E-state index is 0.00755. The van der Waals surface area contributed by atoms with E-state index in [2.05, 4.69) is 13.8 Å². The third kappa shape index (κ3) is 4.04. The van der Waals surface area contributed by atoms with E-state index >= 15 is 0 Å². The maximum atomic E-state index is 12.9. The number of hydrogen-bond donors (Lipinski definition) is 1. The van der Waals surface area contributed by atoms with E-state index in [1.807, 2.05) is 18.2 Å². The summed E-state index contributed by atoms with van der Waals surface area (Å²) in [4.78, 5) is 25.6. The second kappa shape index (κ2) is 8.52. The summed E-state index contributed by atoms with van der Waals surface area (Å²) in [6.45, 7) is 5.42. The van der Waals surface area contributed by atoms with Gasteiger partial charge in [0.15, 0.2) is 6.61 Å². The number of hydrogen-bond acceptors (Lipinski definition) is 5. The van der Waals surface area contributed by atoms with Crippen molar-refractivity contribution in [2.75, 3.05) is 6.61 Å². The largest absolute Gasteiger partial charge is 0.494 e. The summed E-state index contributed by atoms with van der Waals surface area (Å²) in [5.41, 5.74) is 0.731.